The minimum absolute atomic E-state index is 0.123. The smallest absolute Gasteiger partial charge is 0.341 e. The Morgan fingerprint density at radius 2 is 2.04 bits per heavy atom. The van der Waals surface area contributed by atoms with Gasteiger partial charge >= 0.3 is 5.97 Å². The van der Waals surface area contributed by atoms with Crippen LogP contribution in [0.1, 0.15) is 21.5 Å². The highest BCUT2D eigenvalue weighted by Crippen LogP contribution is 2.36. The summed E-state index contributed by atoms with van der Waals surface area (Å²) in [5, 5.41) is 12.8. The molecule has 0 aromatic heterocycles. The van der Waals surface area contributed by atoms with Crippen molar-refractivity contribution in [2.45, 2.75) is 6.92 Å². The molecular formula is C18H17ClN2O5. The van der Waals surface area contributed by atoms with Crippen LogP contribution in [0.25, 0.3) is 0 Å². The molecule has 136 valence electrons. The van der Waals surface area contributed by atoms with E-state index in [2.05, 4.69) is 10.5 Å². The fraction of sp³-hybridized carbons (Fsp3) is 0.167. The number of aryl methyl sites for hydroxylation is 1. The zero-order valence-corrected chi connectivity index (χ0v) is 14.9. The van der Waals surface area contributed by atoms with Gasteiger partial charge < -0.3 is 14.6 Å². The van der Waals surface area contributed by atoms with Crippen molar-refractivity contribution >= 4 is 29.7 Å². The number of carboxylic acids is 1. The third kappa shape index (κ3) is 4.97. The number of carbonyl (C=O) groups excluding carboxylic acids is 1. The molecule has 0 atom stereocenters. The molecule has 2 aromatic carbocycles. The van der Waals surface area contributed by atoms with Crippen LogP contribution in [0.15, 0.2) is 41.5 Å². The van der Waals surface area contributed by atoms with E-state index in [-0.39, 0.29) is 22.4 Å². The van der Waals surface area contributed by atoms with Gasteiger partial charge in [-0.2, -0.15) is 5.10 Å². The van der Waals surface area contributed by atoms with Crippen LogP contribution < -0.4 is 14.9 Å². The van der Waals surface area contributed by atoms with Gasteiger partial charge in [-0.15, -0.1) is 0 Å². The molecule has 0 radical (unpaired) electrons. The van der Waals surface area contributed by atoms with Gasteiger partial charge in [0.2, 0.25) is 0 Å². The second-order valence-electron chi connectivity index (χ2n) is 5.23. The molecule has 0 bridgehead atoms. The van der Waals surface area contributed by atoms with Crippen LogP contribution in [0.5, 0.6) is 11.5 Å². The van der Waals surface area contributed by atoms with Crippen LogP contribution in [0, 0.1) is 6.92 Å². The van der Waals surface area contributed by atoms with Gasteiger partial charge in [0.25, 0.3) is 5.91 Å². The monoisotopic (exact) mass is 376 g/mol. The summed E-state index contributed by atoms with van der Waals surface area (Å²) in [6, 6.07) is 10.2. The minimum atomic E-state index is -1.13. The van der Waals surface area contributed by atoms with Crippen LogP contribution in [0.2, 0.25) is 5.02 Å². The Balaban J connectivity index is 2.13. The molecule has 8 heteroatoms. The predicted octanol–water partition coefficient (Wildman–Crippen LogP) is 2.88. The first-order valence-electron chi connectivity index (χ1n) is 7.53. The number of halogens is 1. The van der Waals surface area contributed by atoms with E-state index >= 15 is 0 Å². The zero-order chi connectivity index (χ0) is 19.1. The predicted molar refractivity (Wildman–Crippen MR) is 97.4 cm³/mol. The highest BCUT2D eigenvalue weighted by atomic mass is 35.5. The molecule has 1 amide bonds. The Bertz CT molecular complexity index is 851. The lowest BCUT2D eigenvalue weighted by molar-refractivity contribution is -0.139. The maximum absolute atomic E-state index is 12.1. The van der Waals surface area contributed by atoms with Crippen LogP contribution in [-0.2, 0) is 4.79 Å². The molecule has 2 rings (SSSR count). The summed E-state index contributed by atoms with van der Waals surface area (Å²) >= 11 is 6.11. The number of rotatable bonds is 7. The fourth-order valence-electron chi connectivity index (χ4n) is 2.14. The Hall–Kier alpha value is -3.06. The maximum atomic E-state index is 12.1. The first-order chi connectivity index (χ1) is 12.4. The van der Waals surface area contributed by atoms with Gasteiger partial charge in [-0.1, -0.05) is 29.8 Å². The molecule has 0 aliphatic carbocycles. The van der Waals surface area contributed by atoms with Crippen LogP contribution in [0.4, 0.5) is 0 Å². The van der Waals surface area contributed by atoms with Gasteiger partial charge in [0.05, 0.1) is 18.3 Å². The molecule has 2 N–H and O–H groups in total. The van der Waals surface area contributed by atoms with E-state index in [4.69, 9.17) is 26.2 Å². The number of hydrogen-bond donors (Lipinski definition) is 2. The molecule has 0 fully saturated rings. The van der Waals surface area contributed by atoms with Crippen molar-refractivity contribution in [3.05, 3.63) is 58.1 Å². The largest absolute Gasteiger partial charge is 0.493 e. The van der Waals surface area contributed by atoms with Gasteiger partial charge in [0.15, 0.2) is 18.1 Å². The number of amides is 1. The number of methoxy groups -OCH3 is 1. The molecule has 0 unspecified atom stereocenters. The molecular weight excluding hydrogens is 360 g/mol. The van der Waals surface area contributed by atoms with Gasteiger partial charge in [-0.25, -0.2) is 10.2 Å². The molecule has 0 saturated carbocycles. The van der Waals surface area contributed by atoms with Crippen molar-refractivity contribution in [1.29, 1.82) is 0 Å². The quantitative estimate of drug-likeness (QED) is 0.572. The number of carboxylic acid groups (broad SMARTS) is 1. The third-order valence-corrected chi connectivity index (χ3v) is 3.64. The molecule has 26 heavy (non-hydrogen) atoms. The molecule has 7 nitrogen and oxygen atoms in total. The second kappa shape index (κ2) is 8.87. The van der Waals surface area contributed by atoms with E-state index in [0.717, 1.165) is 5.56 Å². The molecule has 0 aliphatic rings. The number of nitrogens with one attached hydrogen (secondary N) is 1. The third-order valence-electron chi connectivity index (χ3n) is 3.36. The van der Waals surface area contributed by atoms with Crippen molar-refractivity contribution in [2.24, 2.45) is 5.10 Å². The summed E-state index contributed by atoms with van der Waals surface area (Å²) in [7, 11) is 1.40. The highest BCUT2D eigenvalue weighted by molar-refractivity contribution is 6.32. The van der Waals surface area contributed by atoms with Crippen molar-refractivity contribution in [2.75, 3.05) is 13.7 Å². The summed E-state index contributed by atoms with van der Waals surface area (Å²) < 4.78 is 10.3. The summed E-state index contributed by atoms with van der Waals surface area (Å²) in [4.78, 5) is 22.7. The van der Waals surface area contributed by atoms with Crippen LogP contribution in [-0.4, -0.2) is 36.9 Å². The first-order valence-corrected chi connectivity index (χ1v) is 7.91. The summed E-state index contributed by atoms with van der Waals surface area (Å²) in [6.07, 6.45) is 1.39. The number of hydrazone groups is 1. The van der Waals surface area contributed by atoms with Crippen molar-refractivity contribution in [1.82, 2.24) is 5.43 Å². The lowest BCUT2D eigenvalue weighted by Crippen LogP contribution is -2.18. The Labute approximate surface area is 155 Å². The maximum Gasteiger partial charge on any atom is 0.341 e. The van der Waals surface area contributed by atoms with Crippen molar-refractivity contribution in [3.8, 4) is 11.5 Å². The summed E-state index contributed by atoms with van der Waals surface area (Å²) in [5.41, 5.74) is 4.34. The zero-order valence-electron chi connectivity index (χ0n) is 14.2. The first kappa shape index (κ1) is 19.3. The average molecular weight is 377 g/mol. The molecule has 0 saturated heterocycles. The number of carbonyl (C=O) groups is 2. The normalized spacial score (nSPS) is 10.6. The Morgan fingerprint density at radius 3 is 2.69 bits per heavy atom. The van der Waals surface area contributed by atoms with Crippen molar-refractivity contribution in [3.63, 3.8) is 0 Å². The standard InChI is InChI=1S/C18H17ClN2O5/c1-11-5-3-4-6-13(11)18(24)21-20-9-12-7-14(19)17(15(8-12)25-2)26-10-16(22)23/h3-9H,10H2,1-2H3,(H,21,24)(H,22,23)/b20-9+. The number of aliphatic carboxylic acids is 1. The SMILES string of the molecule is COc1cc(/C=N/NC(=O)c2ccccc2C)cc(Cl)c1OCC(=O)O. The average Bonchev–Trinajstić information content (AvgIpc) is 2.60. The molecule has 0 spiro atoms. The lowest BCUT2D eigenvalue weighted by Gasteiger charge is -2.11. The minimum Gasteiger partial charge on any atom is -0.493 e. The number of nitrogens with zero attached hydrogens (tertiary/aromatic N) is 1. The van der Waals surface area contributed by atoms with E-state index in [0.29, 0.717) is 11.1 Å². The topological polar surface area (TPSA) is 97.2 Å². The Morgan fingerprint density at radius 1 is 1.31 bits per heavy atom. The summed E-state index contributed by atoms with van der Waals surface area (Å²) in [5.74, 6) is -1.09. The molecule has 0 heterocycles. The van der Waals surface area contributed by atoms with E-state index in [1.54, 1.807) is 18.2 Å². The number of benzene rings is 2. The van der Waals surface area contributed by atoms with Gasteiger partial charge in [0.1, 0.15) is 0 Å². The second-order valence-corrected chi connectivity index (χ2v) is 5.64. The Kier molecular flexibility index (Phi) is 6.57. The molecule has 0 aliphatic heterocycles. The van der Waals surface area contributed by atoms with E-state index < -0.39 is 12.6 Å². The lowest BCUT2D eigenvalue weighted by atomic mass is 10.1. The number of hydrogen-bond acceptors (Lipinski definition) is 5. The van der Waals surface area contributed by atoms with Gasteiger partial charge in [-0.3, -0.25) is 4.79 Å². The van der Waals surface area contributed by atoms with E-state index in [1.807, 2.05) is 19.1 Å². The van der Waals surface area contributed by atoms with Gasteiger partial charge in [0, 0.05) is 5.56 Å². The van der Waals surface area contributed by atoms with E-state index in [1.165, 1.54) is 19.4 Å². The van der Waals surface area contributed by atoms with E-state index in [9.17, 15) is 9.59 Å². The van der Waals surface area contributed by atoms with Crippen LogP contribution in [0.3, 0.4) is 0 Å². The van der Waals surface area contributed by atoms with Crippen LogP contribution >= 0.6 is 11.6 Å². The number of ether oxygens (including phenoxy) is 2. The van der Waals surface area contributed by atoms with Gasteiger partial charge in [-0.05, 0) is 36.2 Å². The highest BCUT2D eigenvalue weighted by Gasteiger charge is 2.13. The summed E-state index contributed by atoms with van der Waals surface area (Å²) in [6.45, 7) is 1.29. The molecule has 2 aromatic rings. The fourth-order valence-corrected chi connectivity index (χ4v) is 2.42. The van der Waals surface area contributed by atoms with Crippen molar-refractivity contribution < 1.29 is 24.2 Å².